The van der Waals surface area contributed by atoms with Gasteiger partial charge in [0.25, 0.3) is 5.91 Å². The Morgan fingerprint density at radius 3 is 2.90 bits per heavy atom. The molecule has 1 fully saturated rings. The van der Waals surface area contributed by atoms with Crippen LogP contribution in [-0.4, -0.2) is 47.0 Å². The van der Waals surface area contributed by atoms with Crippen LogP contribution in [0.5, 0.6) is 0 Å². The highest BCUT2D eigenvalue weighted by molar-refractivity contribution is 6.29. The first kappa shape index (κ1) is 15.2. The molecular weight excluding hydrogens is 276 g/mol. The largest absolute Gasteiger partial charge is 0.351 e. The van der Waals surface area contributed by atoms with Crippen molar-refractivity contribution in [1.82, 2.24) is 20.2 Å². The molecule has 0 atom stereocenters. The third-order valence-electron chi connectivity index (χ3n) is 3.65. The fraction of sp³-hybridized carbons (Fsp3) is 0.643. The van der Waals surface area contributed by atoms with Gasteiger partial charge in [-0.2, -0.15) is 0 Å². The van der Waals surface area contributed by atoms with Gasteiger partial charge in [0.1, 0.15) is 10.8 Å². The minimum Gasteiger partial charge on any atom is -0.351 e. The summed E-state index contributed by atoms with van der Waals surface area (Å²) in [5, 5.41) is 3.08. The van der Waals surface area contributed by atoms with Crippen LogP contribution >= 0.6 is 11.6 Å². The molecule has 0 spiro atoms. The Hall–Kier alpha value is -1.20. The number of nitrogens with one attached hydrogen (secondary N) is 1. The average Bonchev–Trinajstić information content (AvgIpc) is 2.45. The van der Waals surface area contributed by atoms with Crippen molar-refractivity contribution in [2.24, 2.45) is 5.92 Å². The SMILES string of the molecule is CC1CCN(CCCNC(=O)c2cncc(Cl)n2)CC1. The molecule has 1 amide bonds. The van der Waals surface area contributed by atoms with E-state index in [0.717, 1.165) is 18.9 Å². The van der Waals surface area contributed by atoms with Crippen LogP contribution in [0.2, 0.25) is 5.15 Å². The first-order valence-electron chi connectivity index (χ1n) is 7.13. The Morgan fingerprint density at radius 1 is 1.45 bits per heavy atom. The smallest absolute Gasteiger partial charge is 0.271 e. The van der Waals surface area contributed by atoms with Gasteiger partial charge in [0.2, 0.25) is 0 Å². The molecule has 1 aromatic heterocycles. The molecule has 1 aliphatic rings. The van der Waals surface area contributed by atoms with Crippen molar-refractivity contribution in [2.75, 3.05) is 26.2 Å². The maximum atomic E-state index is 11.8. The number of piperidine rings is 1. The van der Waals surface area contributed by atoms with E-state index in [1.54, 1.807) is 0 Å². The Morgan fingerprint density at radius 2 is 2.20 bits per heavy atom. The molecule has 1 aliphatic heterocycles. The Bertz CT molecular complexity index is 447. The molecule has 6 heteroatoms. The first-order chi connectivity index (χ1) is 9.65. The van der Waals surface area contributed by atoms with Gasteiger partial charge >= 0.3 is 0 Å². The molecule has 0 aliphatic carbocycles. The second-order valence-corrected chi connectivity index (χ2v) is 5.75. The molecule has 0 saturated carbocycles. The van der Waals surface area contributed by atoms with E-state index < -0.39 is 0 Å². The fourth-order valence-corrected chi connectivity index (χ4v) is 2.48. The first-order valence-corrected chi connectivity index (χ1v) is 7.51. The van der Waals surface area contributed by atoms with E-state index in [1.165, 1.54) is 38.3 Å². The van der Waals surface area contributed by atoms with Gasteiger partial charge in [-0.15, -0.1) is 0 Å². The molecule has 0 unspecified atom stereocenters. The lowest BCUT2D eigenvalue weighted by Gasteiger charge is -2.30. The number of rotatable bonds is 5. The molecule has 110 valence electrons. The van der Waals surface area contributed by atoms with Crippen LogP contribution in [-0.2, 0) is 0 Å². The summed E-state index contributed by atoms with van der Waals surface area (Å²) in [6, 6.07) is 0. The molecule has 0 bridgehead atoms. The summed E-state index contributed by atoms with van der Waals surface area (Å²) in [5.41, 5.74) is 0.268. The van der Waals surface area contributed by atoms with Crippen molar-refractivity contribution >= 4 is 17.5 Å². The third-order valence-corrected chi connectivity index (χ3v) is 3.83. The quantitative estimate of drug-likeness (QED) is 0.844. The van der Waals surface area contributed by atoms with E-state index in [-0.39, 0.29) is 16.8 Å². The standard InChI is InChI=1S/C14H21ClN4O/c1-11-3-7-19(8-4-11)6-2-5-17-14(20)12-9-16-10-13(15)18-12/h9-11H,2-8H2,1H3,(H,17,20). The predicted molar refractivity (Wildman–Crippen MR) is 78.8 cm³/mol. The van der Waals surface area contributed by atoms with Crippen LogP contribution in [0.1, 0.15) is 36.7 Å². The van der Waals surface area contributed by atoms with Crippen LogP contribution < -0.4 is 5.32 Å². The van der Waals surface area contributed by atoms with Gasteiger partial charge in [0.15, 0.2) is 0 Å². The Kier molecular flexibility index (Phi) is 5.73. The van der Waals surface area contributed by atoms with Crippen molar-refractivity contribution in [1.29, 1.82) is 0 Å². The molecule has 2 heterocycles. The monoisotopic (exact) mass is 296 g/mol. The van der Waals surface area contributed by atoms with E-state index >= 15 is 0 Å². The number of aromatic nitrogens is 2. The Balaban J connectivity index is 1.64. The Labute approximate surface area is 124 Å². The summed E-state index contributed by atoms with van der Waals surface area (Å²) in [6.07, 6.45) is 6.35. The lowest BCUT2D eigenvalue weighted by atomic mass is 9.99. The van der Waals surface area contributed by atoms with Crippen molar-refractivity contribution < 1.29 is 4.79 Å². The predicted octanol–water partition coefficient (Wildman–Crippen LogP) is 1.98. The van der Waals surface area contributed by atoms with Crippen molar-refractivity contribution in [3.8, 4) is 0 Å². The molecule has 0 aromatic carbocycles. The topological polar surface area (TPSA) is 58.1 Å². The van der Waals surface area contributed by atoms with E-state index in [1.807, 2.05) is 0 Å². The number of nitrogens with zero attached hydrogens (tertiary/aromatic N) is 3. The van der Waals surface area contributed by atoms with Crippen LogP contribution in [0.15, 0.2) is 12.4 Å². The molecule has 2 rings (SSSR count). The van der Waals surface area contributed by atoms with Crippen molar-refractivity contribution in [2.45, 2.75) is 26.2 Å². The molecule has 1 aromatic rings. The van der Waals surface area contributed by atoms with Gasteiger partial charge in [0, 0.05) is 6.54 Å². The minimum atomic E-state index is -0.215. The molecule has 1 N–H and O–H groups in total. The van der Waals surface area contributed by atoms with Crippen molar-refractivity contribution in [3.05, 3.63) is 23.2 Å². The van der Waals surface area contributed by atoms with Gasteiger partial charge < -0.3 is 10.2 Å². The second-order valence-electron chi connectivity index (χ2n) is 5.36. The number of hydrogen-bond acceptors (Lipinski definition) is 4. The number of carbonyl (C=O) groups is 1. The number of amides is 1. The maximum absolute atomic E-state index is 11.8. The molecular formula is C14H21ClN4O. The highest BCUT2D eigenvalue weighted by Crippen LogP contribution is 2.15. The number of likely N-dealkylation sites (tertiary alicyclic amines) is 1. The summed E-state index contributed by atoms with van der Waals surface area (Å²) in [5.74, 6) is 0.639. The number of halogens is 1. The van der Waals surface area contributed by atoms with Crippen molar-refractivity contribution in [3.63, 3.8) is 0 Å². The third kappa shape index (κ3) is 4.72. The summed E-state index contributed by atoms with van der Waals surface area (Å²) in [6.45, 7) is 6.35. The molecule has 20 heavy (non-hydrogen) atoms. The number of carbonyl (C=O) groups excluding carboxylic acids is 1. The normalized spacial score (nSPS) is 17.1. The lowest BCUT2D eigenvalue weighted by Crippen LogP contribution is -2.35. The average molecular weight is 297 g/mol. The molecule has 0 radical (unpaired) electrons. The highest BCUT2D eigenvalue weighted by Gasteiger charge is 2.15. The van der Waals surface area contributed by atoms with Crippen LogP contribution in [0, 0.1) is 5.92 Å². The summed E-state index contributed by atoms with van der Waals surface area (Å²) in [4.78, 5) is 22.0. The van der Waals surface area contributed by atoms with E-state index in [4.69, 9.17) is 11.6 Å². The zero-order chi connectivity index (χ0) is 14.4. The van der Waals surface area contributed by atoms with Gasteiger partial charge in [-0.1, -0.05) is 18.5 Å². The van der Waals surface area contributed by atoms with Gasteiger partial charge in [-0.3, -0.25) is 9.78 Å². The van der Waals surface area contributed by atoms with Crippen LogP contribution in [0.25, 0.3) is 0 Å². The van der Waals surface area contributed by atoms with E-state index in [0.29, 0.717) is 6.54 Å². The fourth-order valence-electron chi connectivity index (χ4n) is 2.33. The van der Waals surface area contributed by atoms with Gasteiger partial charge in [0.05, 0.1) is 12.4 Å². The van der Waals surface area contributed by atoms with E-state index in [2.05, 4.69) is 27.1 Å². The molecule has 5 nitrogen and oxygen atoms in total. The van der Waals surface area contributed by atoms with Crippen LogP contribution in [0.4, 0.5) is 0 Å². The van der Waals surface area contributed by atoms with E-state index in [9.17, 15) is 4.79 Å². The summed E-state index contributed by atoms with van der Waals surface area (Å²) in [7, 11) is 0. The summed E-state index contributed by atoms with van der Waals surface area (Å²) >= 11 is 5.70. The second kappa shape index (κ2) is 7.55. The number of hydrogen-bond donors (Lipinski definition) is 1. The van der Waals surface area contributed by atoms with Gasteiger partial charge in [-0.05, 0) is 44.8 Å². The summed E-state index contributed by atoms with van der Waals surface area (Å²) < 4.78 is 0. The minimum absolute atomic E-state index is 0.215. The van der Waals surface area contributed by atoms with Crippen LogP contribution in [0.3, 0.4) is 0 Å². The zero-order valence-corrected chi connectivity index (χ0v) is 12.6. The highest BCUT2D eigenvalue weighted by atomic mass is 35.5. The lowest BCUT2D eigenvalue weighted by molar-refractivity contribution is 0.0945. The maximum Gasteiger partial charge on any atom is 0.271 e. The molecule has 1 saturated heterocycles. The van der Waals surface area contributed by atoms with Gasteiger partial charge in [-0.25, -0.2) is 4.98 Å². The zero-order valence-electron chi connectivity index (χ0n) is 11.8.